The third kappa shape index (κ3) is 19.3. The van der Waals surface area contributed by atoms with Crippen LogP contribution in [0.25, 0.3) is 34.4 Å². The van der Waals surface area contributed by atoms with E-state index in [9.17, 15) is 44.3 Å². The summed E-state index contributed by atoms with van der Waals surface area (Å²) in [5, 5.41) is 46.3. The number of likely N-dealkylation sites (N-methyl/N-ethyl adjacent to an activating group) is 3. The molecule has 0 radical (unpaired) electrons. The first-order valence-electron chi connectivity index (χ1n) is 28.8. The van der Waals surface area contributed by atoms with E-state index < -0.39 is 57.7 Å². The highest BCUT2D eigenvalue weighted by Crippen LogP contribution is 2.38. The molecular weight excluding hydrogens is 1230 g/mol. The smallest absolute Gasteiger partial charge is 0.416 e. The molecule has 4 N–H and O–H groups in total. The molecule has 0 aliphatic heterocycles. The lowest BCUT2D eigenvalue weighted by atomic mass is 9.93. The van der Waals surface area contributed by atoms with Gasteiger partial charge < -0.3 is 49.1 Å². The average molecular weight is 1300 g/mol. The first-order chi connectivity index (χ1) is 43.5. The topological polar surface area (TPSA) is 221 Å². The molecule has 0 fully saturated rings. The van der Waals surface area contributed by atoms with Crippen molar-refractivity contribution in [2.45, 2.75) is 103 Å². The van der Waals surface area contributed by atoms with Gasteiger partial charge in [-0.25, -0.2) is 4.79 Å². The van der Waals surface area contributed by atoms with Gasteiger partial charge in [-0.3, -0.25) is 0 Å². The highest BCUT2D eigenvalue weighted by Gasteiger charge is 2.36. The Morgan fingerprint density at radius 2 is 0.763 bits per heavy atom. The van der Waals surface area contributed by atoms with Gasteiger partial charge in [0.1, 0.15) is 5.60 Å². The van der Waals surface area contributed by atoms with Crippen LogP contribution < -0.4 is 21.3 Å². The van der Waals surface area contributed by atoms with Crippen molar-refractivity contribution in [1.29, 1.82) is 5.26 Å². The molecule has 0 spiro atoms. The third-order valence-electron chi connectivity index (χ3n) is 13.7. The molecule has 3 heterocycles. The molecule has 0 atom stereocenters. The molecule has 0 saturated heterocycles. The number of nitrogens with one attached hydrogen (secondary N) is 4. The molecule has 1 amide bonds. The zero-order valence-electron chi connectivity index (χ0n) is 52.9. The van der Waals surface area contributed by atoms with Crippen LogP contribution in [0.4, 0.5) is 78.4 Å². The van der Waals surface area contributed by atoms with Crippen molar-refractivity contribution in [3.05, 3.63) is 180 Å². The maximum Gasteiger partial charge on any atom is 0.416 e. The minimum atomic E-state index is -4.40. The molecule has 27 heteroatoms. The fourth-order valence-electron chi connectivity index (χ4n) is 9.13. The number of carbonyl (C=O) groups is 1. The molecule has 6 aromatic carbocycles. The summed E-state index contributed by atoms with van der Waals surface area (Å²) in [5.74, 6) is 2.06. The number of hydrogen-bond acceptors (Lipinski definition) is 17. The first-order valence-corrected chi connectivity index (χ1v) is 28.8. The highest BCUT2D eigenvalue weighted by atomic mass is 19.4. The Labute approximate surface area is 531 Å². The van der Waals surface area contributed by atoms with Crippen LogP contribution in [-0.4, -0.2) is 92.9 Å². The number of anilines is 6. The molecule has 0 saturated carbocycles. The summed E-state index contributed by atoms with van der Waals surface area (Å²) in [4.78, 5) is 15.3. The normalized spacial score (nSPS) is 12.1. The molecule has 0 bridgehead atoms. The van der Waals surface area contributed by atoms with Crippen LogP contribution in [0.5, 0.6) is 0 Å². The Bertz CT molecular complexity index is 3960. The second kappa shape index (κ2) is 28.7. The predicted octanol–water partition coefficient (Wildman–Crippen LogP) is 16.8. The average Bonchev–Trinajstić information content (AvgIpc) is 1.75. The SMILES string of the molecule is CN(C#N)CC(C)(C)c1nnc(-c2ccccc2Nc2ccc(C(F)(F)F)cc2)o1.CN(CC(C)(C)c1nnc(-c2ccccc2Nc2ccc(C(F)(F)F)cc2)o1)C(=O)OC(C)(C)C.CNCC(C)(C)c1nnc(-c2ccccc2Nc2ccc(C(F)(F)F)cc2)o1. The van der Waals surface area contributed by atoms with Gasteiger partial charge in [-0.2, -0.15) is 44.8 Å². The fourth-order valence-corrected chi connectivity index (χ4v) is 9.13. The van der Waals surface area contributed by atoms with E-state index >= 15 is 0 Å². The predicted molar refractivity (Wildman–Crippen MR) is 333 cm³/mol. The number of rotatable bonds is 18. The minimum absolute atomic E-state index is 0.239. The summed E-state index contributed by atoms with van der Waals surface area (Å²) >= 11 is 0. The van der Waals surface area contributed by atoms with Crippen LogP contribution in [0.15, 0.2) is 159 Å². The van der Waals surface area contributed by atoms with Crippen molar-refractivity contribution in [3.8, 4) is 40.6 Å². The van der Waals surface area contributed by atoms with Gasteiger partial charge in [0, 0.05) is 50.8 Å². The molecule has 0 aliphatic rings. The Balaban J connectivity index is 0.000000199. The van der Waals surface area contributed by atoms with Crippen molar-refractivity contribution < 1.29 is 62.3 Å². The number of para-hydroxylation sites is 3. The number of ether oxygens (including phenoxy) is 1. The summed E-state index contributed by atoms with van der Waals surface area (Å²) in [6.45, 7) is 18.2. The van der Waals surface area contributed by atoms with E-state index in [0.29, 0.717) is 87.5 Å². The Morgan fingerprint density at radius 3 is 1.05 bits per heavy atom. The van der Waals surface area contributed by atoms with Crippen molar-refractivity contribution in [3.63, 3.8) is 0 Å². The number of alkyl halides is 9. The maximum absolute atomic E-state index is 12.8. The van der Waals surface area contributed by atoms with Crippen molar-refractivity contribution in [1.82, 2.24) is 45.7 Å². The Kier molecular flexibility index (Phi) is 21.7. The van der Waals surface area contributed by atoms with Gasteiger partial charge in [-0.1, -0.05) is 36.4 Å². The molecular formula is C66H70F9N13O5. The van der Waals surface area contributed by atoms with E-state index in [1.807, 2.05) is 73.0 Å². The molecule has 0 unspecified atom stereocenters. The highest BCUT2D eigenvalue weighted by molar-refractivity contribution is 5.79. The second-order valence-corrected chi connectivity index (χ2v) is 24.4. The van der Waals surface area contributed by atoms with E-state index in [2.05, 4.69) is 51.9 Å². The van der Waals surface area contributed by atoms with Crippen LogP contribution in [-0.2, 0) is 39.5 Å². The van der Waals surface area contributed by atoms with Crippen LogP contribution >= 0.6 is 0 Å². The lowest BCUT2D eigenvalue weighted by molar-refractivity contribution is -0.138. The van der Waals surface area contributed by atoms with Gasteiger partial charge in [0.25, 0.3) is 0 Å². The number of hydrogen-bond donors (Lipinski definition) is 4. The first kappa shape index (κ1) is 70.5. The standard InChI is InChI=1S/C25H29F3N4O3.C21H20F3N5O.C20H21F3N4O/c1-23(2,3)35-22(33)32(6)15-24(4,5)21-31-30-20(34-21)18-9-7-8-10-19(18)29-17-13-11-16(12-14-17)25(26,27)28;1-20(2,12-29(3)13-25)19-28-27-18(30-19)16-6-4-5-7-17(16)26-15-10-8-14(9-11-15)21(22,23)24;1-19(2,12-24-3)18-27-26-17(28-18)15-6-4-5-7-16(15)25-14-10-8-13(9-11-14)20(21,22)23/h7-14,29H,15H2,1-6H3;4-11,26H,12H2,1-3H3;4-11,24-25H,12H2,1-3H3. The lowest BCUT2D eigenvalue weighted by Crippen LogP contribution is -2.41. The van der Waals surface area contributed by atoms with Gasteiger partial charge in [0.2, 0.25) is 35.3 Å². The molecule has 18 nitrogen and oxygen atoms in total. The van der Waals surface area contributed by atoms with Gasteiger partial charge in [-0.05, 0) is 179 Å². The van der Waals surface area contributed by atoms with Crippen LogP contribution in [0.3, 0.4) is 0 Å². The number of halogens is 9. The maximum atomic E-state index is 12.8. The third-order valence-corrected chi connectivity index (χ3v) is 13.7. The Morgan fingerprint density at radius 1 is 0.462 bits per heavy atom. The van der Waals surface area contributed by atoms with E-state index in [1.165, 1.54) is 46.2 Å². The van der Waals surface area contributed by atoms with E-state index in [1.54, 1.807) is 89.5 Å². The largest absolute Gasteiger partial charge is 0.444 e. The molecule has 93 heavy (non-hydrogen) atoms. The molecule has 9 rings (SSSR count). The monoisotopic (exact) mass is 1300 g/mol. The lowest BCUT2D eigenvalue weighted by Gasteiger charge is -2.29. The van der Waals surface area contributed by atoms with Gasteiger partial charge in [0.05, 0.1) is 66.7 Å². The molecule has 0 aliphatic carbocycles. The van der Waals surface area contributed by atoms with Gasteiger partial charge >= 0.3 is 24.6 Å². The summed E-state index contributed by atoms with van der Waals surface area (Å²) in [6.07, 6.45) is -11.6. The molecule has 3 aromatic heterocycles. The second-order valence-electron chi connectivity index (χ2n) is 24.4. The van der Waals surface area contributed by atoms with E-state index in [-0.39, 0.29) is 23.7 Å². The van der Waals surface area contributed by atoms with E-state index in [0.717, 1.165) is 36.4 Å². The van der Waals surface area contributed by atoms with Crippen LogP contribution in [0.2, 0.25) is 0 Å². The van der Waals surface area contributed by atoms with Gasteiger partial charge in [-0.15, -0.1) is 30.6 Å². The summed E-state index contributed by atoms with van der Waals surface area (Å²) in [6, 6.07) is 35.8. The summed E-state index contributed by atoms with van der Waals surface area (Å²) in [5.41, 5.74) is 0.902. The number of nitriles is 1. The number of benzene rings is 6. The summed E-state index contributed by atoms with van der Waals surface area (Å²) < 4.78 is 138. The van der Waals surface area contributed by atoms with Crippen LogP contribution in [0, 0.1) is 11.5 Å². The van der Waals surface area contributed by atoms with Crippen molar-refractivity contribution >= 4 is 40.2 Å². The zero-order chi connectivity index (χ0) is 68.3. The molecule has 492 valence electrons. The van der Waals surface area contributed by atoms with E-state index in [4.69, 9.17) is 23.3 Å². The number of carbonyl (C=O) groups excluding carboxylic acids is 1. The van der Waals surface area contributed by atoms with Crippen molar-refractivity contribution in [2.75, 3.05) is 56.7 Å². The number of nitrogens with zero attached hydrogens (tertiary/aromatic N) is 9. The number of amides is 1. The van der Waals surface area contributed by atoms with Crippen LogP contribution in [0.1, 0.15) is 96.7 Å². The quantitative estimate of drug-likeness (QED) is 0.0356. The Hall–Kier alpha value is -9.97. The van der Waals surface area contributed by atoms with Gasteiger partial charge in [0.15, 0.2) is 6.19 Å². The molecule has 9 aromatic rings. The zero-order valence-corrected chi connectivity index (χ0v) is 52.9. The minimum Gasteiger partial charge on any atom is -0.444 e. The fraction of sp³-hybridized carbons (Fsp3) is 0.333. The number of aromatic nitrogens is 6. The summed E-state index contributed by atoms with van der Waals surface area (Å²) in [7, 11) is 5.15. The van der Waals surface area contributed by atoms with Crippen molar-refractivity contribution in [2.24, 2.45) is 0 Å².